The molecule has 4 aliphatic carbocycles. The number of rotatable bonds is 9. The summed E-state index contributed by atoms with van der Waals surface area (Å²) in [6, 6.07) is 10.4. The van der Waals surface area contributed by atoms with E-state index in [-0.39, 0.29) is 27.9 Å². The molecule has 2 aromatic heterocycles. The van der Waals surface area contributed by atoms with E-state index >= 15 is 0 Å². The van der Waals surface area contributed by atoms with Gasteiger partial charge in [0.2, 0.25) is 0 Å². The van der Waals surface area contributed by atoms with Crippen LogP contribution >= 0.6 is 0 Å². The van der Waals surface area contributed by atoms with Crippen LogP contribution in [-0.2, 0) is 27.2 Å². The Bertz CT molecular complexity index is 1920. The predicted molar refractivity (Wildman–Crippen MR) is 212 cm³/mol. The lowest BCUT2D eigenvalue weighted by Gasteiger charge is -2.69. The molecule has 1 aliphatic heterocycles. The second kappa shape index (κ2) is 13.4. The Hall–Kier alpha value is -3.92. The number of likely N-dealkylation sites (N-methyl/N-ethyl adjacent to an activating group) is 1. The van der Waals surface area contributed by atoms with Gasteiger partial charge in [-0.15, -0.1) is 0 Å². The molecule has 10 nitrogen and oxygen atoms in total. The van der Waals surface area contributed by atoms with Gasteiger partial charge in [0.1, 0.15) is 11.2 Å². The minimum absolute atomic E-state index is 0.0138. The first-order valence-electron chi connectivity index (χ1n) is 19.9. The summed E-state index contributed by atoms with van der Waals surface area (Å²) < 4.78 is 20.6. The van der Waals surface area contributed by atoms with Gasteiger partial charge < -0.3 is 24.4 Å². The van der Waals surface area contributed by atoms with E-state index < -0.39 is 17.2 Å². The number of aryl methyl sites for hydroxylation is 1. The van der Waals surface area contributed by atoms with Crippen molar-refractivity contribution in [2.24, 2.45) is 16.2 Å². The Balaban J connectivity index is 1.15. The Morgan fingerprint density at radius 2 is 1.61 bits per heavy atom. The third-order valence-corrected chi connectivity index (χ3v) is 11.9. The summed E-state index contributed by atoms with van der Waals surface area (Å²) in [5, 5.41) is 8.52. The van der Waals surface area contributed by atoms with Gasteiger partial charge in [0.05, 0.1) is 24.1 Å². The molecule has 54 heavy (non-hydrogen) atoms. The quantitative estimate of drug-likeness (QED) is 0.217. The van der Waals surface area contributed by atoms with Crippen molar-refractivity contribution in [3.63, 3.8) is 0 Å². The summed E-state index contributed by atoms with van der Waals surface area (Å²) in [5.74, 6) is -0.444. The molecule has 4 saturated carbocycles. The maximum atomic E-state index is 13.9. The van der Waals surface area contributed by atoms with Gasteiger partial charge in [0.25, 0.3) is 0 Å². The van der Waals surface area contributed by atoms with Crippen LogP contribution in [0.4, 0.5) is 10.5 Å². The lowest BCUT2D eigenvalue weighted by Crippen LogP contribution is -2.64. The van der Waals surface area contributed by atoms with Crippen LogP contribution in [0.15, 0.2) is 36.5 Å². The van der Waals surface area contributed by atoms with Gasteiger partial charge in [-0.1, -0.05) is 26.0 Å². The van der Waals surface area contributed by atoms with Gasteiger partial charge in [0, 0.05) is 54.8 Å². The molecule has 3 aromatic rings. The normalized spacial score (nSPS) is 27.3. The first kappa shape index (κ1) is 38.4. The highest BCUT2D eigenvalue weighted by molar-refractivity contribution is 5.96. The fraction of sp³-hybridized carbons (Fsp3) is 0.636. The minimum Gasteiger partial charge on any atom is -0.455 e. The number of pyridine rings is 1. The van der Waals surface area contributed by atoms with Gasteiger partial charge in [-0.05, 0) is 140 Å². The highest BCUT2D eigenvalue weighted by Crippen LogP contribution is 2.72. The lowest BCUT2D eigenvalue weighted by molar-refractivity contribution is -0.248. The summed E-state index contributed by atoms with van der Waals surface area (Å²) in [4.78, 5) is 33.1. The number of carbonyl (C=O) groups excluding carboxylic acids is 2. The van der Waals surface area contributed by atoms with Crippen LogP contribution in [0.25, 0.3) is 22.4 Å². The van der Waals surface area contributed by atoms with Crippen molar-refractivity contribution >= 4 is 17.7 Å². The molecule has 1 N–H and O–H groups in total. The average molecular weight is 740 g/mol. The molecule has 3 heterocycles. The number of aromatic nitrogens is 3. The fourth-order valence-corrected chi connectivity index (χ4v) is 11.1. The van der Waals surface area contributed by atoms with Crippen molar-refractivity contribution in [1.82, 2.24) is 19.7 Å². The standard InChI is InChI=1S/C44H61N5O5/c1-29-33(32-15-16-34(47-36(32)37(50)53-39(2,3)4)31-14-13-30-12-11-17-45-35(30)20-31)21-46-49(29)28-43-23-41(8)22-42(9,24-43)26-44(25-41,27-43)52-19-18-48(10)38(51)54-40(5,6)7/h13-16,20-21,45H,11-12,17-19,22-28H2,1-10H3. The zero-order chi connectivity index (χ0) is 38.9. The van der Waals surface area contributed by atoms with E-state index in [0.717, 1.165) is 91.8 Å². The van der Waals surface area contributed by atoms with E-state index in [4.69, 9.17) is 24.3 Å². The number of esters is 1. The van der Waals surface area contributed by atoms with Crippen molar-refractivity contribution < 1.29 is 23.8 Å². The van der Waals surface area contributed by atoms with Crippen LogP contribution in [0.5, 0.6) is 0 Å². The molecule has 2 atom stereocenters. The Morgan fingerprint density at radius 3 is 2.30 bits per heavy atom. The van der Waals surface area contributed by atoms with Crippen molar-refractivity contribution in [3.05, 3.63) is 53.5 Å². The van der Waals surface area contributed by atoms with E-state index in [1.165, 1.54) is 12.0 Å². The van der Waals surface area contributed by atoms with Crippen LogP contribution < -0.4 is 5.32 Å². The number of benzene rings is 1. The second-order valence-electron chi connectivity index (χ2n) is 19.9. The summed E-state index contributed by atoms with van der Waals surface area (Å²) in [7, 11) is 1.78. The Labute approximate surface area is 321 Å². The first-order valence-corrected chi connectivity index (χ1v) is 19.9. The van der Waals surface area contributed by atoms with E-state index in [1.807, 2.05) is 59.9 Å². The van der Waals surface area contributed by atoms with E-state index in [9.17, 15) is 9.59 Å². The smallest absolute Gasteiger partial charge is 0.410 e. The summed E-state index contributed by atoms with van der Waals surface area (Å²) in [6.07, 6.45) is 10.2. The van der Waals surface area contributed by atoms with Crippen molar-refractivity contribution in [1.29, 1.82) is 0 Å². The molecule has 1 amide bonds. The van der Waals surface area contributed by atoms with Gasteiger partial charge in [-0.25, -0.2) is 14.6 Å². The predicted octanol–water partition coefficient (Wildman–Crippen LogP) is 9.24. The minimum atomic E-state index is -0.672. The van der Waals surface area contributed by atoms with Crippen molar-refractivity contribution in [2.75, 3.05) is 32.1 Å². The zero-order valence-electron chi connectivity index (χ0n) is 34.3. The zero-order valence-corrected chi connectivity index (χ0v) is 34.3. The molecule has 292 valence electrons. The molecule has 0 spiro atoms. The van der Waals surface area contributed by atoms with E-state index in [2.05, 4.69) is 49.0 Å². The monoisotopic (exact) mass is 739 g/mol. The van der Waals surface area contributed by atoms with Crippen molar-refractivity contribution in [3.8, 4) is 22.4 Å². The highest BCUT2D eigenvalue weighted by atomic mass is 16.6. The van der Waals surface area contributed by atoms with Gasteiger partial charge in [-0.2, -0.15) is 5.10 Å². The second-order valence-corrected chi connectivity index (χ2v) is 19.9. The molecule has 8 rings (SSSR count). The number of amides is 1. The molecular formula is C44H61N5O5. The van der Waals surface area contributed by atoms with Crippen LogP contribution in [0.3, 0.4) is 0 Å². The topological polar surface area (TPSA) is 108 Å². The number of nitrogens with one attached hydrogen (secondary N) is 1. The SMILES string of the molecule is Cc1c(-c2ccc(-c3ccc4c(c3)NCCC4)nc2C(=O)OC(C)(C)C)cnn1CC12CC3(C)CC(C)(C1)CC(OCCN(C)C(=O)OC(C)(C)C)(C3)C2. The fourth-order valence-electron chi connectivity index (χ4n) is 11.1. The number of hydrogen-bond donors (Lipinski definition) is 1. The lowest BCUT2D eigenvalue weighted by atomic mass is 9.39. The molecule has 0 saturated heterocycles. The number of nitrogens with zero attached hydrogens (tertiary/aromatic N) is 4. The van der Waals surface area contributed by atoms with Crippen LogP contribution in [0.1, 0.15) is 122 Å². The number of fused-ring (bicyclic) bond motifs is 1. The van der Waals surface area contributed by atoms with Crippen LogP contribution in [0.2, 0.25) is 0 Å². The number of hydrogen-bond acceptors (Lipinski definition) is 8. The largest absolute Gasteiger partial charge is 0.455 e. The number of ether oxygens (including phenoxy) is 3. The average Bonchev–Trinajstić information content (AvgIpc) is 3.39. The van der Waals surface area contributed by atoms with Gasteiger partial charge in [0.15, 0.2) is 5.69 Å². The Morgan fingerprint density at radius 1 is 0.907 bits per heavy atom. The van der Waals surface area contributed by atoms with Crippen molar-refractivity contribution in [2.45, 2.75) is 137 Å². The van der Waals surface area contributed by atoms with Crippen LogP contribution in [-0.4, -0.2) is 75.3 Å². The third kappa shape index (κ3) is 7.91. The number of carbonyl (C=O) groups is 2. The van der Waals surface area contributed by atoms with Gasteiger partial charge in [-0.3, -0.25) is 4.68 Å². The molecule has 10 heteroatoms. The molecule has 5 aliphatic rings. The first-order chi connectivity index (χ1) is 25.2. The highest BCUT2D eigenvalue weighted by Gasteiger charge is 2.66. The summed E-state index contributed by atoms with van der Waals surface area (Å²) >= 11 is 0. The van der Waals surface area contributed by atoms with E-state index in [1.54, 1.807) is 11.9 Å². The summed E-state index contributed by atoms with van der Waals surface area (Å²) in [5.41, 5.74) is 5.95. The maximum Gasteiger partial charge on any atom is 0.410 e. The van der Waals surface area contributed by atoms with Crippen LogP contribution in [0, 0.1) is 23.2 Å². The molecule has 4 fully saturated rings. The number of anilines is 1. The summed E-state index contributed by atoms with van der Waals surface area (Å²) in [6.45, 7) is 21.0. The molecule has 1 aromatic carbocycles. The molecule has 4 bridgehead atoms. The van der Waals surface area contributed by atoms with Gasteiger partial charge >= 0.3 is 12.1 Å². The molecular weight excluding hydrogens is 679 g/mol. The maximum absolute atomic E-state index is 13.9. The Kier molecular flexibility index (Phi) is 9.51. The molecule has 2 unspecified atom stereocenters. The van der Waals surface area contributed by atoms with E-state index in [0.29, 0.717) is 18.8 Å². The molecule has 0 radical (unpaired) electrons. The third-order valence-electron chi connectivity index (χ3n) is 11.9.